The summed E-state index contributed by atoms with van der Waals surface area (Å²) in [6, 6.07) is 8.16. The maximum atomic E-state index is 13.4. The average Bonchev–Trinajstić information content (AvgIpc) is 3.11. The molecule has 2 aromatic rings. The molecule has 3 rings (SSSR count). The van der Waals surface area contributed by atoms with Gasteiger partial charge in [0.05, 0.1) is 23.9 Å². The van der Waals surface area contributed by atoms with Crippen LogP contribution in [0.25, 0.3) is 0 Å². The highest BCUT2D eigenvalue weighted by molar-refractivity contribution is 5.83. The summed E-state index contributed by atoms with van der Waals surface area (Å²) in [5, 5.41) is 10.2. The molecule has 7 heteroatoms. The van der Waals surface area contributed by atoms with Gasteiger partial charge in [0.2, 0.25) is 11.8 Å². The average molecular weight is 386 g/mol. The van der Waals surface area contributed by atoms with Gasteiger partial charge in [0.1, 0.15) is 5.82 Å². The highest BCUT2D eigenvalue weighted by Crippen LogP contribution is 2.22. The van der Waals surface area contributed by atoms with Crippen LogP contribution >= 0.6 is 0 Å². The van der Waals surface area contributed by atoms with E-state index in [1.165, 1.54) is 12.1 Å². The normalized spacial score (nSPS) is 17.6. The quantitative estimate of drug-likeness (QED) is 0.829. The van der Waals surface area contributed by atoms with E-state index in [4.69, 9.17) is 0 Å². The number of carbonyl (C=O) groups is 2. The lowest BCUT2D eigenvalue weighted by Gasteiger charge is -2.32. The number of benzene rings is 1. The Morgan fingerprint density at radius 2 is 2.14 bits per heavy atom. The number of piperidine rings is 1. The summed E-state index contributed by atoms with van der Waals surface area (Å²) in [6.07, 6.45) is 0.853. The van der Waals surface area contributed by atoms with E-state index in [1.54, 1.807) is 17.0 Å². The molecule has 1 saturated heterocycles. The second kappa shape index (κ2) is 8.12. The van der Waals surface area contributed by atoms with Crippen molar-refractivity contribution in [1.82, 2.24) is 20.4 Å². The van der Waals surface area contributed by atoms with Gasteiger partial charge in [-0.15, -0.1) is 0 Å². The van der Waals surface area contributed by atoms with Crippen LogP contribution in [-0.4, -0.2) is 33.5 Å². The smallest absolute Gasteiger partial charge is 0.225 e. The van der Waals surface area contributed by atoms with Crippen molar-refractivity contribution in [3.8, 4) is 0 Å². The number of hydrogen-bond acceptors (Lipinski definition) is 3. The summed E-state index contributed by atoms with van der Waals surface area (Å²) < 4.78 is 13.4. The molecule has 0 bridgehead atoms. The zero-order valence-corrected chi connectivity index (χ0v) is 16.6. The molecule has 2 amide bonds. The molecule has 0 saturated carbocycles. The molecule has 150 valence electrons. The molecule has 6 nitrogen and oxygen atoms in total. The Morgan fingerprint density at radius 3 is 2.82 bits per heavy atom. The third-order valence-corrected chi connectivity index (χ3v) is 4.99. The molecule has 0 aliphatic carbocycles. The van der Waals surface area contributed by atoms with E-state index in [9.17, 15) is 14.0 Å². The number of H-pyrrole nitrogens is 1. The number of hydrogen-bond donors (Lipinski definition) is 2. The zero-order valence-electron chi connectivity index (χ0n) is 16.6. The largest absolute Gasteiger partial charge is 0.350 e. The summed E-state index contributed by atoms with van der Waals surface area (Å²) in [4.78, 5) is 26.4. The van der Waals surface area contributed by atoms with Gasteiger partial charge in [-0.3, -0.25) is 14.7 Å². The second-order valence-electron chi connectivity index (χ2n) is 8.39. The van der Waals surface area contributed by atoms with Crippen LogP contribution in [0.1, 0.15) is 50.6 Å². The number of aromatic nitrogens is 2. The van der Waals surface area contributed by atoms with Gasteiger partial charge in [0.25, 0.3) is 0 Å². The van der Waals surface area contributed by atoms with Crippen molar-refractivity contribution in [2.75, 3.05) is 6.54 Å². The van der Waals surface area contributed by atoms with Crippen LogP contribution in [0.15, 0.2) is 30.3 Å². The van der Waals surface area contributed by atoms with Crippen LogP contribution in [0.4, 0.5) is 4.39 Å². The first-order chi connectivity index (χ1) is 13.2. The third kappa shape index (κ3) is 4.97. The monoisotopic (exact) mass is 386 g/mol. The number of aromatic amines is 1. The van der Waals surface area contributed by atoms with Crippen molar-refractivity contribution in [2.45, 2.75) is 52.1 Å². The van der Waals surface area contributed by atoms with Gasteiger partial charge in [0.15, 0.2) is 0 Å². The van der Waals surface area contributed by atoms with E-state index >= 15 is 0 Å². The van der Waals surface area contributed by atoms with Crippen LogP contribution in [0.5, 0.6) is 0 Å². The predicted octanol–water partition coefficient (Wildman–Crippen LogP) is 2.90. The standard InChI is InChI=1S/C21H27FN4O2/c1-21(2,3)18-10-17(24-25-18)11-23-20(28)15-7-8-19(27)26(13-15)12-14-5-4-6-16(22)9-14/h4-6,9-10,15H,7-8,11-13H2,1-3H3,(H,23,28)(H,24,25). The molecule has 1 atom stereocenters. The number of rotatable bonds is 5. The first kappa shape index (κ1) is 20.0. The van der Waals surface area contributed by atoms with Crippen molar-refractivity contribution >= 4 is 11.8 Å². The Kier molecular flexibility index (Phi) is 5.82. The molecule has 1 aliphatic heterocycles. The highest BCUT2D eigenvalue weighted by atomic mass is 19.1. The molecular formula is C21H27FN4O2. The van der Waals surface area contributed by atoms with E-state index in [0.29, 0.717) is 32.5 Å². The van der Waals surface area contributed by atoms with Crippen LogP contribution in [0, 0.1) is 11.7 Å². The van der Waals surface area contributed by atoms with E-state index in [1.807, 2.05) is 6.07 Å². The summed E-state index contributed by atoms with van der Waals surface area (Å²) >= 11 is 0. The lowest BCUT2D eigenvalue weighted by Crippen LogP contribution is -2.45. The fourth-order valence-electron chi connectivity index (χ4n) is 3.30. The first-order valence-corrected chi connectivity index (χ1v) is 9.57. The first-order valence-electron chi connectivity index (χ1n) is 9.57. The van der Waals surface area contributed by atoms with Crippen LogP contribution < -0.4 is 5.32 Å². The van der Waals surface area contributed by atoms with E-state index in [-0.39, 0.29) is 29.0 Å². The number of amides is 2. The Morgan fingerprint density at radius 1 is 1.36 bits per heavy atom. The van der Waals surface area contributed by atoms with Gasteiger partial charge >= 0.3 is 0 Å². The van der Waals surface area contributed by atoms with Crippen LogP contribution in [0.2, 0.25) is 0 Å². The fourth-order valence-corrected chi connectivity index (χ4v) is 3.30. The van der Waals surface area contributed by atoms with Gasteiger partial charge in [-0.05, 0) is 30.2 Å². The molecule has 1 aliphatic rings. The van der Waals surface area contributed by atoms with Gasteiger partial charge in [-0.2, -0.15) is 5.10 Å². The number of likely N-dealkylation sites (tertiary alicyclic amines) is 1. The Balaban J connectivity index is 1.56. The maximum absolute atomic E-state index is 13.4. The Bertz CT molecular complexity index is 856. The van der Waals surface area contributed by atoms with Gasteiger partial charge in [0, 0.05) is 24.9 Å². The molecule has 0 spiro atoms. The molecule has 1 aromatic carbocycles. The Labute approximate surface area is 164 Å². The van der Waals surface area contributed by atoms with Crippen LogP contribution in [-0.2, 0) is 28.1 Å². The zero-order chi connectivity index (χ0) is 20.3. The fraction of sp³-hybridized carbons (Fsp3) is 0.476. The molecule has 2 heterocycles. The van der Waals surface area contributed by atoms with Gasteiger partial charge in [-0.25, -0.2) is 4.39 Å². The number of nitrogens with one attached hydrogen (secondary N) is 2. The third-order valence-electron chi connectivity index (χ3n) is 4.99. The Hall–Kier alpha value is -2.70. The minimum Gasteiger partial charge on any atom is -0.350 e. The number of halogens is 1. The molecule has 28 heavy (non-hydrogen) atoms. The second-order valence-corrected chi connectivity index (χ2v) is 8.39. The molecule has 1 unspecified atom stereocenters. The van der Waals surface area contributed by atoms with Crippen LogP contribution in [0.3, 0.4) is 0 Å². The van der Waals surface area contributed by atoms with Crippen molar-refractivity contribution < 1.29 is 14.0 Å². The van der Waals surface area contributed by atoms with Gasteiger partial charge < -0.3 is 10.2 Å². The lowest BCUT2D eigenvalue weighted by atomic mass is 9.92. The molecular weight excluding hydrogens is 359 g/mol. The summed E-state index contributed by atoms with van der Waals surface area (Å²) in [7, 11) is 0. The maximum Gasteiger partial charge on any atom is 0.225 e. The van der Waals surface area contributed by atoms with Crippen molar-refractivity contribution in [2.24, 2.45) is 5.92 Å². The van der Waals surface area contributed by atoms with E-state index < -0.39 is 0 Å². The SMILES string of the molecule is CC(C)(C)c1cc(CNC(=O)C2CCC(=O)N(Cc3cccc(F)c3)C2)[nH]n1. The lowest BCUT2D eigenvalue weighted by molar-refractivity contribution is -0.139. The predicted molar refractivity (Wildman–Crippen MR) is 104 cm³/mol. The van der Waals surface area contributed by atoms with E-state index in [0.717, 1.165) is 17.0 Å². The van der Waals surface area contributed by atoms with E-state index in [2.05, 4.69) is 36.3 Å². The van der Waals surface area contributed by atoms with Crippen molar-refractivity contribution in [1.29, 1.82) is 0 Å². The van der Waals surface area contributed by atoms with Crippen molar-refractivity contribution in [3.05, 3.63) is 53.1 Å². The molecule has 2 N–H and O–H groups in total. The number of carbonyl (C=O) groups excluding carboxylic acids is 2. The highest BCUT2D eigenvalue weighted by Gasteiger charge is 2.30. The molecule has 0 radical (unpaired) electrons. The molecule has 1 aromatic heterocycles. The summed E-state index contributed by atoms with van der Waals surface area (Å²) in [5.41, 5.74) is 2.46. The minimum absolute atomic E-state index is 0.00306. The minimum atomic E-state index is -0.328. The van der Waals surface area contributed by atoms with Gasteiger partial charge in [-0.1, -0.05) is 32.9 Å². The number of nitrogens with zero attached hydrogens (tertiary/aromatic N) is 2. The molecule has 1 fully saturated rings. The van der Waals surface area contributed by atoms with Crippen molar-refractivity contribution in [3.63, 3.8) is 0 Å². The summed E-state index contributed by atoms with van der Waals surface area (Å²) in [5.74, 6) is -0.679. The topological polar surface area (TPSA) is 78.1 Å². The summed E-state index contributed by atoms with van der Waals surface area (Å²) in [6.45, 7) is 7.27.